The number of rotatable bonds is 6. The van der Waals surface area contributed by atoms with Crippen molar-refractivity contribution in [2.24, 2.45) is 5.92 Å². The van der Waals surface area contributed by atoms with Crippen LogP contribution in [-0.2, 0) is 14.3 Å². The minimum atomic E-state index is -0.375. The SMILES string of the molecule is CC(=O)c1cc2c(cc1NC(=O)CC1CN(C(=O)CC(C)C)CCO1)OCO2. The molecular weight excluding hydrogens is 364 g/mol. The Hall–Kier alpha value is -2.61. The maximum Gasteiger partial charge on any atom is 0.231 e. The normalized spacial score (nSPS) is 18.3. The second-order valence-corrected chi connectivity index (χ2v) is 7.49. The molecule has 0 aromatic heterocycles. The smallest absolute Gasteiger partial charge is 0.231 e. The van der Waals surface area contributed by atoms with Gasteiger partial charge in [0.1, 0.15) is 0 Å². The molecule has 0 aliphatic carbocycles. The Labute approximate surface area is 164 Å². The van der Waals surface area contributed by atoms with Crippen LogP contribution in [0.4, 0.5) is 5.69 Å². The van der Waals surface area contributed by atoms with Crippen LogP contribution < -0.4 is 14.8 Å². The van der Waals surface area contributed by atoms with Crippen LogP contribution in [0.25, 0.3) is 0 Å². The molecule has 1 unspecified atom stereocenters. The highest BCUT2D eigenvalue weighted by Crippen LogP contribution is 2.37. The number of fused-ring (bicyclic) bond motifs is 1. The van der Waals surface area contributed by atoms with Gasteiger partial charge in [-0.2, -0.15) is 0 Å². The van der Waals surface area contributed by atoms with E-state index in [2.05, 4.69) is 5.32 Å². The lowest BCUT2D eigenvalue weighted by Gasteiger charge is -2.33. The standard InChI is InChI=1S/C20H26N2O6/c1-12(2)6-20(25)22-4-5-26-14(10-22)7-19(24)21-16-9-18-17(27-11-28-18)8-15(16)13(3)23/h8-9,12,14H,4-7,10-11H2,1-3H3,(H,21,24). The summed E-state index contributed by atoms with van der Waals surface area (Å²) in [6.07, 6.45) is 0.203. The number of nitrogens with one attached hydrogen (secondary N) is 1. The quantitative estimate of drug-likeness (QED) is 0.749. The van der Waals surface area contributed by atoms with Gasteiger partial charge >= 0.3 is 0 Å². The minimum Gasteiger partial charge on any atom is -0.454 e. The van der Waals surface area contributed by atoms with Crippen LogP contribution in [0, 0.1) is 5.92 Å². The second-order valence-electron chi connectivity index (χ2n) is 7.49. The Morgan fingerprint density at radius 3 is 2.61 bits per heavy atom. The van der Waals surface area contributed by atoms with Gasteiger partial charge in [-0.05, 0) is 18.9 Å². The van der Waals surface area contributed by atoms with Crippen LogP contribution in [-0.4, -0.2) is 55.1 Å². The number of carbonyl (C=O) groups excluding carboxylic acids is 3. The van der Waals surface area contributed by atoms with Gasteiger partial charge < -0.3 is 24.4 Å². The van der Waals surface area contributed by atoms with Crippen molar-refractivity contribution in [1.82, 2.24) is 4.90 Å². The van der Waals surface area contributed by atoms with E-state index >= 15 is 0 Å². The number of Topliss-reactive ketones (excluding diaryl/α,β-unsaturated/α-hetero) is 1. The highest BCUT2D eigenvalue weighted by molar-refractivity contribution is 6.04. The maximum absolute atomic E-state index is 12.5. The molecule has 1 fully saturated rings. The van der Waals surface area contributed by atoms with E-state index < -0.39 is 0 Å². The van der Waals surface area contributed by atoms with Gasteiger partial charge in [0.25, 0.3) is 0 Å². The van der Waals surface area contributed by atoms with E-state index in [1.807, 2.05) is 13.8 Å². The Morgan fingerprint density at radius 2 is 1.93 bits per heavy atom. The summed E-state index contributed by atoms with van der Waals surface area (Å²) in [6.45, 7) is 6.85. The molecule has 152 valence electrons. The Morgan fingerprint density at radius 1 is 1.21 bits per heavy atom. The van der Waals surface area contributed by atoms with Crippen molar-refractivity contribution in [2.75, 3.05) is 31.8 Å². The summed E-state index contributed by atoms with van der Waals surface area (Å²) in [4.78, 5) is 38.5. The first-order chi connectivity index (χ1) is 13.3. The molecule has 3 rings (SSSR count). The molecule has 1 saturated heterocycles. The van der Waals surface area contributed by atoms with Crippen LogP contribution >= 0.6 is 0 Å². The highest BCUT2D eigenvalue weighted by Gasteiger charge is 2.27. The van der Waals surface area contributed by atoms with E-state index in [0.717, 1.165) is 0 Å². The van der Waals surface area contributed by atoms with Crippen LogP contribution in [0.15, 0.2) is 12.1 Å². The number of hydrogen-bond acceptors (Lipinski definition) is 6. The third kappa shape index (κ3) is 4.81. The number of morpholine rings is 1. The van der Waals surface area contributed by atoms with Crippen molar-refractivity contribution in [3.8, 4) is 11.5 Å². The Bertz CT molecular complexity index is 776. The average molecular weight is 390 g/mol. The van der Waals surface area contributed by atoms with Gasteiger partial charge in [-0.25, -0.2) is 0 Å². The molecule has 0 saturated carbocycles. The first-order valence-corrected chi connectivity index (χ1v) is 9.47. The van der Waals surface area contributed by atoms with Gasteiger partial charge in [0.05, 0.1) is 24.8 Å². The summed E-state index contributed by atoms with van der Waals surface area (Å²) in [5.41, 5.74) is 0.737. The predicted octanol–water partition coefficient (Wildman–Crippen LogP) is 2.22. The van der Waals surface area contributed by atoms with Crippen LogP contribution in [0.5, 0.6) is 11.5 Å². The molecule has 0 radical (unpaired) electrons. The van der Waals surface area contributed by atoms with E-state index in [9.17, 15) is 14.4 Å². The minimum absolute atomic E-state index is 0.0818. The average Bonchev–Trinajstić information content (AvgIpc) is 3.07. The molecule has 8 nitrogen and oxygen atoms in total. The summed E-state index contributed by atoms with van der Waals surface area (Å²) in [5.74, 6) is 0.863. The number of anilines is 1. The lowest BCUT2D eigenvalue weighted by molar-refractivity contribution is -0.141. The molecule has 2 aliphatic rings. The number of hydrogen-bond donors (Lipinski definition) is 1. The third-order valence-electron chi connectivity index (χ3n) is 4.65. The molecule has 0 bridgehead atoms. The molecule has 2 heterocycles. The zero-order chi connectivity index (χ0) is 20.3. The second kappa shape index (κ2) is 8.60. The monoisotopic (exact) mass is 390 g/mol. The number of nitrogens with zero attached hydrogens (tertiary/aromatic N) is 1. The van der Waals surface area contributed by atoms with Crippen molar-refractivity contribution in [3.05, 3.63) is 17.7 Å². The summed E-state index contributed by atoms with van der Waals surface area (Å²) >= 11 is 0. The van der Waals surface area contributed by atoms with Crippen molar-refractivity contribution < 1.29 is 28.6 Å². The van der Waals surface area contributed by atoms with E-state index in [0.29, 0.717) is 48.9 Å². The molecule has 0 spiro atoms. The van der Waals surface area contributed by atoms with E-state index in [-0.39, 0.29) is 42.8 Å². The summed E-state index contributed by atoms with van der Waals surface area (Å²) in [5, 5.41) is 2.77. The fourth-order valence-electron chi connectivity index (χ4n) is 3.29. The Balaban J connectivity index is 1.63. The van der Waals surface area contributed by atoms with E-state index in [1.165, 1.54) is 6.92 Å². The van der Waals surface area contributed by atoms with Crippen molar-refractivity contribution in [2.45, 2.75) is 39.7 Å². The number of amides is 2. The molecule has 1 aromatic rings. The first kappa shape index (κ1) is 20.1. The van der Waals surface area contributed by atoms with Gasteiger partial charge in [-0.15, -0.1) is 0 Å². The fourth-order valence-corrected chi connectivity index (χ4v) is 3.29. The number of carbonyl (C=O) groups is 3. The fraction of sp³-hybridized carbons (Fsp3) is 0.550. The largest absolute Gasteiger partial charge is 0.454 e. The molecule has 1 aromatic carbocycles. The predicted molar refractivity (Wildman–Crippen MR) is 102 cm³/mol. The zero-order valence-electron chi connectivity index (χ0n) is 16.4. The van der Waals surface area contributed by atoms with Gasteiger partial charge in [0, 0.05) is 31.1 Å². The Kier molecular flexibility index (Phi) is 6.18. The number of ketones is 1. The van der Waals surface area contributed by atoms with Crippen LogP contribution in [0.3, 0.4) is 0 Å². The zero-order valence-corrected chi connectivity index (χ0v) is 16.4. The summed E-state index contributed by atoms with van der Waals surface area (Å²) in [7, 11) is 0. The van der Waals surface area contributed by atoms with E-state index in [1.54, 1.807) is 17.0 Å². The lowest BCUT2D eigenvalue weighted by Crippen LogP contribution is -2.46. The highest BCUT2D eigenvalue weighted by atomic mass is 16.7. The molecule has 1 N–H and O–H groups in total. The number of ether oxygens (including phenoxy) is 3. The molecule has 8 heteroatoms. The van der Waals surface area contributed by atoms with Gasteiger partial charge in [0.2, 0.25) is 18.6 Å². The molecule has 1 atom stereocenters. The van der Waals surface area contributed by atoms with Crippen molar-refractivity contribution in [1.29, 1.82) is 0 Å². The van der Waals surface area contributed by atoms with Crippen LogP contribution in [0.1, 0.15) is 44.0 Å². The van der Waals surface area contributed by atoms with Gasteiger partial charge in [-0.1, -0.05) is 13.8 Å². The number of benzene rings is 1. The molecular formula is C20H26N2O6. The van der Waals surface area contributed by atoms with Gasteiger partial charge in [0.15, 0.2) is 17.3 Å². The van der Waals surface area contributed by atoms with Gasteiger partial charge in [-0.3, -0.25) is 14.4 Å². The molecule has 28 heavy (non-hydrogen) atoms. The van der Waals surface area contributed by atoms with Crippen LogP contribution in [0.2, 0.25) is 0 Å². The van der Waals surface area contributed by atoms with Crippen molar-refractivity contribution >= 4 is 23.3 Å². The molecule has 2 aliphatic heterocycles. The van der Waals surface area contributed by atoms with E-state index in [4.69, 9.17) is 14.2 Å². The van der Waals surface area contributed by atoms with Crippen molar-refractivity contribution in [3.63, 3.8) is 0 Å². The topological polar surface area (TPSA) is 94.2 Å². The maximum atomic E-state index is 12.5. The summed E-state index contributed by atoms with van der Waals surface area (Å²) < 4.78 is 16.3. The first-order valence-electron chi connectivity index (χ1n) is 9.47. The summed E-state index contributed by atoms with van der Waals surface area (Å²) in [6, 6.07) is 3.17. The third-order valence-corrected chi connectivity index (χ3v) is 4.65. The lowest BCUT2D eigenvalue weighted by atomic mass is 10.1. The molecule has 2 amide bonds.